The highest BCUT2D eigenvalue weighted by molar-refractivity contribution is 6.04. The minimum Gasteiger partial charge on any atom is -0.465 e. The zero-order valence-electron chi connectivity index (χ0n) is 14.8. The molecule has 1 heterocycles. The van der Waals surface area contributed by atoms with E-state index < -0.39 is 5.97 Å². The van der Waals surface area contributed by atoms with E-state index in [1.54, 1.807) is 48.5 Å². The van der Waals surface area contributed by atoms with Gasteiger partial charge in [-0.3, -0.25) is 4.79 Å². The zero-order chi connectivity index (χ0) is 19.9. The van der Waals surface area contributed by atoms with Crippen molar-refractivity contribution in [2.24, 2.45) is 0 Å². The van der Waals surface area contributed by atoms with Gasteiger partial charge >= 0.3 is 5.97 Å². The molecular weight excluding hydrogens is 358 g/mol. The second kappa shape index (κ2) is 8.42. The van der Waals surface area contributed by atoms with Crippen molar-refractivity contribution in [1.82, 2.24) is 9.97 Å². The van der Waals surface area contributed by atoms with Crippen LogP contribution >= 0.6 is 0 Å². The molecule has 0 saturated heterocycles. The predicted molar refractivity (Wildman–Crippen MR) is 102 cm³/mol. The monoisotopic (exact) mass is 373 g/mol. The number of aromatic nitrogens is 2. The fourth-order valence-electron chi connectivity index (χ4n) is 2.34. The summed E-state index contributed by atoms with van der Waals surface area (Å²) >= 11 is 0. The molecule has 1 amide bonds. The summed E-state index contributed by atoms with van der Waals surface area (Å²) in [5.74, 6) is -0.640. The van der Waals surface area contributed by atoms with Gasteiger partial charge in [0.2, 0.25) is 5.95 Å². The zero-order valence-corrected chi connectivity index (χ0v) is 14.8. The van der Waals surface area contributed by atoms with Gasteiger partial charge in [0.25, 0.3) is 5.91 Å². The molecule has 0 aliphatic carbocycles. The molecule has 3 aromatic rings. The third kappa shape index (κ3) is 4.28. The van der Waals surface area contributed by atoms with Crippen LogP contribution in [0.5, 0.6) is 0 Å². The summed E-state index contributed by atoms with van der Waals surface area (Å²) in [5, 5.41) is 14.4. The van der Waals surface area contributed by atoms with E-state index in [1.807, 2.05) is 6.07 Å². The summed E-state index contributed by atoms with van der Waals surface area (Å²) in [7, 11) is 1.30. The van der Waals surface area contributed by atoms with E-state index in [1.165, 1.54) is 19.5 Å². The highest BCUT2D eigenvalue weighted by Crippen LogP contribution is 2.19. The summed E-state index contributed by atoms with van der Waals surface area (Å²) in [5.41, 5.74) is 2.15. The van der Waals surface area contributed by atoms with E-state index in [0.717, 1.165) is 0 Å². The van der Waals surface area contributed by atoms with Crippen LogP contribution in [0, 0.1) is 11.3 Å². The van der Waals surface area contributed by atoms with E-state index in [4.69, 9.17) is 10.00 Å². The number of ether oxygens (including phenoxy) is 1. The van der Waals surface area contributed by atoms with Crippen molar-refractivity contribution in [3.8, 4) is 6.07 Å². The average Bonchev–Trinajstić information content (AvgIpc) is 2.74. The predicted octanol–water partition coefficient (Wildman–Crippen LogP) is 3.13. The molecule has 8 nitrogen and oxygen atoms in total. The number of methoxy groups -OCH3 is 1. The second-order valence-electron chi connectivity index (χ2n) is 5.60. The molecule has 2 aromatic carbocycles. The van der Waals surface area contributed by atoms with Gasteiger partial charge in [-0.05, 0) is 36.4 Å². The van der Waals surface area contributed by atoms with Crippen molar-refractivity contribution in [3.05, 3.63) is 77.6 Å². The van der Waals surface area contributed by atoms with Gasteiger partial charge in [0.15, 0.2) is 0 Å². The molecule has 2 N–H and O–H groups in total. The molecule has 0 atom stereocenters. The molecule has 0 bridgehead atoms. The Morgan fingerprint density at radius 1 is 1.04 bits per heavy atom. The second-order valence-corrected chi connectivity index (χ2v) is 5.60. The molecule has 0 aliphatic heterocycles. The standard InChI is InChI=1S/C20H15N5O3/c1-28-19(27)16-4-2-3-5-17(16)25-20-22-11-14(12-23-20)18(26)24-15-8-6-13(10-21)7-9-15/h2-9,11-12H,1H3,(H,24,26)(H,22,23,25). The fourth-order valence-corrected chi connectivity index (χ4v) is 2.34. The van der Waals surface area contributed by atoms with Crippen LogP contribution in [-0.4, -0.2) is 29.0 Å². The number of carbonyl (C=O) groups is 2. The third-order valence-electron chi connectivity index (χ3n) is 3.76. The quantitative estimate of drug-likeness (QED) is 0.660. The molecule has 0 radical (unpaired) electrons. The highest BCUT2D eigenvalue weighted by Gasteiger charge is 2.13. The number of benzene rings is 2. The van der Waals surface area contributed by atoms with Crippen molar-refractivity contribution in [1.29, 1.82) is 5.26 Å². The molecule has 0 fully saturated rings. The number of nitrogens with zero attached hydrogens (tertiary/aromatic N) is 3. The van der Waals surface area contributed by atoms with Gasteiger partial charge in [-0.2, -0.15) is 5.26 Å². The molecular formula is C20H15N5O3. The minimum absolute atomic E-state index is 0.228. The first-order valence-corrected chi connectivity index (χ1v) is 8.18. The first-order valence-electron chi connectivity index (χ1n) is 8.18. The Labute approximate surface area is 160 Å². The molecule has 138 valence electrons. The number of anilines is 3. The van der Waals surface area contributed by atoms with Crippen LogP contribution in [0.2, 0.25) is 0 Å². The summed E-state index contributed by atoms with van der Waals surface area (Å²) in [6, 6.07) is 15.3. The topological polar surface area (TPSA) is 117 Å². The van der Waals surface area contributed by atoms with E-state index in [9.17, 15) is 9.59 Å². The lowest BCUT2D eigenvalue weighted by Gasteiger charge is -2.09. The normalized spacial score (nSPS) is 9.86. The first kappa shape index (κ1) is 18.5. The van der Waals surface area contributed by atoms with E-state index >= 15 is 0 Å². The maximum atomic E-state index is 12.3. The number of hydrogen-bond donors (Lipinski definition) is 2. The SMILES string of the molecule is COC(=O)c1ccccc1Nc1ncc(C(=O)Nc2ccc(C#N)cc2)cn1. The van der Waals surface area contributed by atoms with E-state index in [-0.39, 0.29) is 17.4 Å². The van der Waals surface area contributed by atoms with Gasteiger partial charge in [-0.15, -0.1) is 0 Å². The molecule has 3 rings (SSSR count). The van der Waals surface area contributed by atoms with Crippen LogP contribution in [0.25, 0.3) is 0 Å². The first-order chi connectivity index (χ1) is 13.6. The Bertz CT molecular complexity index is 1040. The van der Waals surface area contributed by atoms with E-state index in [0.29, 0.717) is 22.5 Å². The molecule has 8 heteroatoms. The van der Waals surface area contributed by atoms with Crippen LogP contribution in [0.1, 0.15) is 26.3 Å². The van der Waals surface area contributed by atoms with Gasteiger partial charge < -0.3 is 15.4 Å². The molecule has 28 heavy (non-hydrogen) atoms. The van der Waals surface area contributed by atoms with Gasteiger partial charge in [0, 0.05) is 18.1 Å². The largest absolute Gasteiger partial charge is 0.465 e. The van der Waals surface area contributed by atoms with Crippen molar-refractivity contribution in [2.75, 3.05) is 17.7 Å². The number of hydrogen-bond acceptors (Lipinski definition) is 7. The van der Waals surface area contributed by atoms with Crippen molar-refractivity contribution in [2.45, 2.75) is 0 Å². The Balaban J connectivity index is 1.70. The Kier molecular flexibility index (Phi) is 5.58. The molecule has 0 spiro atoms. The average molecular weight is 373 g/mol. The number of nitriles is 1. The summed E-state index contributed by atoms with van der Waals surface area (Å²) in [4.78, 5) is 32.3. The fraction of sp³-hybridized carbons (Fsp3) is 0.0500. The smallest absolute Gasteiger partial charge is 0.339 e. The van der Waals surface area contributed by atoms with E-state index in [2.05, 4.69) is 20.6 Å². The summed E-state index contributed by atoms with van der Waals surface area (Å²) in [6.07, 6.45) is 2.74. The van der Waals surface area contributed by atoms with Crippen LogP contribution in [-0.2, 0) is 4.74 Å². The maximum Gasteiger partial charge on any atom is 0.339 e. The molecule has 0 saturated carbocycles. The van der Waals surface area contributed by atoms with Crippen LogP contribution in [0.4, 0.5) is 17.3 Å². The van der Waals surface area contributed by atoms with Crippen LogP contribution in [0.3, 0.4) is 0 Å². The third-order valence-corrected chi connectivity index (χ3v) is 3.76. The van der Waals surface area contributed by atoms with Crippen LogP contribution in [0.15, 0.2) is 60.9 Å². The van der Waals surface area contributed by atoms with Gasteiger partial charge in [0.05, 0.1) is 35.6 Å². The Morgan fingerprint density at radius 3 is 2.36 bits per heavy atom. The van der Waals surface area contributed by atoms with Crippen LogP contribution < -0.4 is 10.6 Å². The number of esters is 1. The number of amides is 1. The number of carbonyl (C=O) groups excluding carboxylic acids is 2. The summed E-state index contributed by atoms with van der Waals surface area (Å²) in [6.45, 7) is 0. The molecule has 1 aromatic heterocycles. The Morgan fingerprint density at radius 2 is 1.71 bits per heavy atom. The van der Waals surface area contributed by atoms with Gasteiger partial charge in [-0.25, -0.2) is 14.8 Å². The van der Waals surface area contributed by atoms with Gasteiger partial charge in [-0.1, -0.05) is 12.1 Å². The maximum absolute atomic E-state index is 12.3. The highest BCUT2D eigenvalue weighted by atomic mass is 16.5. The lowest BCUT2D eigenvalue weighted by molar-refractivity contribution is 0.0601. The van der Waals surface area contributed by atoms with Crippen molar-refractivity contribution >= 4 is 29.2 Å². The Hall–Kier alpha value is -4.25. The lowest BCUT2D eigenvalue weighted by Crippen LogP contribution is -2.13. The number of rotatable bonds is 5. The van der Waals surface area contributed by atoms with Crippen molar-refractivity contribution < 1.29 is 14.3 Å². The lowest BCUT2D eigenvalue weighted by atomic mass is 10.2. The molecule has 0 aliphatic rings. The minimum atomic E-state index is -0.485. The van der Waals surface area contributed by atoms with Gasteiger partial charge in [0.1, 0.15) is 0 Å². The number of nitrogens with one attached hydrogen (secondary N) is 2. The summed E-state index contributed by atoms with van der Waals surface area (Å²) < 4.78 is 4.75. The van der Waals surface area contributed by atoms with Crippen molar-refractivity contribution in [3.63, 3.8) is 0 Å². The molecule has 0 unspecified atom stereocenters. The number of para-hydroxylation sites is 1.